The Morgan fingerprint density at radius 1 is 0.976 bits per heavy atom. The number of hydrogen-bond acceptors (Lipinski definition) is 2. The molecule has 1 amide bonds. The molecule has 0 heterocycles. The maximum Gasteiger partial charge on any atom is 0.417 e. The Morgan fingerprint density at radius 3 is 2.00 bits per heavy atom. The number of benzene rings is 2. The van der Waals surface area contributed by atoms with Gasteiger partial charge in [-0.05, 0) is 58.6 Å². The minimum absolute atomic E-state index is 0.0249. The monoisotopic (exact) mass is 701 g/mol. The molecule has 16 heteroatoms. The highest BCUT2D eigenvalue weighted by atomic mass is 79.9. The van der Waals surface area contributed by atoms with Crippen LogP contribution < -0.4 is 5.32 Å². The molecular weight excluding hydrogens is 687 g/mol. The second-order valence-electron chi connectivity index (χ2n) is 9.27. The Hall–Kier alpha value is -2.32. The summed E-state index contributed by atoms with van der Waals surface area (Å²) in [5.74, 6) is -6.81. The van der Waals surface area contributed by atoms with E-state index in [-0.39, 0.29) is 39.5 Å². The van der Waals surface area contributed by atoms with E-state index in [0.29, 0.717) is 12.1 Å². The second-order valence-corrected chi connectivity index (χ2v) is 10.9. The molecule has 0 aliphatic heterocycles. The molecule has 1 aliphatic rings. The van der Waals surface area contributed by atoms with Crippen molar-refractivity contribution in [1.29, 1.82) is 0 Å². The molecule has 224 valence electrons. The highest BCUT2D eigenvalue weighted by molar-refractivity contribution is 9.10. The lowest BCUT2D eigenvalue weighted by molar-refractivity contribution is -0.141. The number of ketones is 1. The number of alkyl halides is 9. The molecule has 2 aromatic rings. The summed E-state index contributed by atoms with van der Waals surface area (Å²) in [4.78, 5) is 24.9. The van der Waals surface area contributed by atoms with Crippen LogP contribution in [0.15, 0.2) is 40.9 Å². The summed E-state index contributed by atoms with van der Waals surface area (Å²) in [6.07, 6.45) is -16.1. The number of halogens is 13. The first-order valence-electron chi connectivity index (χ1n) is 11.3. The van der Waals surface area contributed by atoms with Gasteiger partial charge in [-0.1, -0.05) is 35.3 Å². The Morgan fingerprint density at radius 2 is 1.54 bits per heavy atom. The fraction of sp³-hybridized carbons (Fsp3) is 0.360. The zero-order valence-electron chi connectivity index (χ0n) is 20.1. The highest BCUT2D eigenvalue weighted by Crippen LogP contribution is 2.50. The lowest BCUT2D eigenvalue weighted by Gasteiger charge is -2.20. The van der Waals surface area contributed by atoms with Gasteiger partial charge in [-0.2, -0.15) is 39.5 Å². The van der Waals surface area contributed by atoms with Crippen molar-refractivity contribution in [1.82, 2.24) is 5.32 Å². The standard InChI is InChI=1S/C25H16BrCl2F10NO2/c26-20-16(27)6-12(7-17(20)28)14(24(33,34)35)8-18(29)11-1-2-13(15(5-11)25(36,37)38)19(40)9-22(3-4-22)21(41)39-10-23(30,31)32/h1-2,5-8,14H,3-4,9-10H2,(H,39,41)/b18-8-. The molecule has 0 saturated heterocycles. The fourth-order valence-corrected chi connectivity index (χ4v) is 4.69. The average Bonchev–Trinajstić information content (AvgIpc) is 3.62. The van der Waals surface area contributed by atoms with E-state index in [2.05, 4.69) is 15.9 Å². The molecule has 2 aromatic carbocycles. The predicted molar refractivity (Wildman–Crippen MR) is 133 cm³/mol. The molecular formula is C25H16BrCl2F10NO2. The summed E-state index contributed by atoms with van der Waals surface area (Å²) >= 11 is 14.6. The summed E-state index contributed by atoms with van der Waals surface area (Å²) in [5.41, 5.74) is -5.91. The Labute approximate surface area is 244 Å². The van der Waals surface area contributed by atoms with Crippen LogP contribution in [-0.4, -0.2) is 30.6 Å². The van der Waals surface area contributed by atoms with E-state index >= 15 is 4.39 Å². The molecule has 1 saturated carbocycles. The fourth-order valence-electron chi connectivity index (χ4n) is 3.95. The number of nitrogens with one attached hydrogen (secondary N) is 1. The van der Waals surface area contributed by atoms with Gasteiger partial charge in [0.25, 0.3) is 0 Å². The van der Waals surface area contributed by atoms with Crippen LogP contribution in [0.3, 0.4) is 0 Å². The molecule has 1 aliphatic carbocycles. The zero-order valence-corrected chi connectivity index (χ0v) is 23.2. The van der Waals surface area contributed by atoms with Crippen LogP contribution in [0, 0.1) is 5.41 Å². The maximum absolute atomic E-state index is 15.0. The van der Waals surface area contributed by atoms with E-state index in [1.54, 1.807) is 5.32 Å². The smallest absolute Gasteiger partial charge is 0.346 e. The van der Waals surface area contributed by atoms with Gasteiger partial charge in [0.15, 0.2) is 5.78 Å². The van der Waals surface area contributed by atoms with Crippen molar-refractivity contribution in [3.05, 3.63) is 73.2 Å². The average molecular weight is 703 g/mol. The highest BCUT2D eigenvalue weighted by Gasteiger charge is 2.52. The van der Waals surface area contributed by atoms with Crippen molar-refractivity contribution in [3.63, 3.8) is 0 Å². The summed E-state index contributed by atoms with van der Waals surface area (Å²) in [6.45, 7) is -1.70. The third kappa shape index (κ3) is 8.16. The topological polar surface area (TPSA) is 46.2 Å². The van der Waals surface area contributed by atoms with E-state index < -0.39 is 82.6 Å². The van der Waals surface area contributed by atoms with E-state index in [4.69, 9.17) is 23.2 Å². The quantitative estimate of drug-likeness (QED) is 0.169. The molecule has 0 bridgehead atoms. The number of Topliss-reactive ketones (excluding diaryl/α,β-unsaturated/α-hetero) is 1. The number of allylic oxidation sites excluding steroid dienone is 1. The second kappa shape index (κ2) is 11.8. The number of carbonyl (C=O) groups excluding carboxylic acids is 2. The van der Waals surface area contributed by atoms with Crippen molar-refractivity contribution >= 4 is 56.6 Å². The lowest BCUT2D eigenvalue weighted by Crippen LogP contribution is -2.39. The van der Waals surface area contributed by atoms with Gasteiger partial charge in [-0.15, -0.1) is 0 Å². The summed E-state index contributed by atoms with van der Waals surface area (Å²) < 4.78 is 135. The summed E-state index contributed by atoms with van der Waals surface area (Å²) in [6, 6.07) is 3.01. The number of rotatable bonds is 8. The Balaban J connectivity index is 1.96. The number of carbonyl (C=O) groups is 2. The largest absolute Gasteiger partial charge is 0.417 e. The molecule has 1 N–H and O–H groups in total. The van der Waals surface area contributed by atoms with Crippen molar-refractivity contribution in [3.8, 4) is 0 Å². The molecule has 1 fully saturated rings. The van der Waals surface area contributed by atoms with Crippen molar-refractivity contribution in [2.45, 2.75) is 43.7 Å². The molecule has 0 spiro atoms. The van der Waals surface area contributed by atoms with E-state index in [0.717, 1.165) is 12.1 Å². The third-order valence-corrected chi connectivity index (χ3v) is 8.12. The summed E-state index contributed by atoms with van der Waals surface area (Å²) in [7, 11) is 0. The van der Waals surface area contributed by atoms with Gasteiger partial charge in [0.2, 0.25) is 5.91 Å². The van der Waals surface area contributed by atoms with Gasteiger partial charge in [0, 0.05) is 17.5 Å². The van der Waals surface area contributed by atoms with Crippen LogP contribution in [0.1, 0.15) is 52.2 Å². The predicted octanol–water partition coefficient (Wildman–Crippen LogP) is 9.46. The van der Waals surface area contributed by atoms with Gasteiger partial charge in [0.05, 0.1) is 25.5 Å². The molecule has 3 nitrogen and oxygen atoms in total. The SMILES string of the molecule is O=C(CC1(C(=O)NCC(F)(F)F)CC1)c1ccc(/C(F)=C/C(c2cc(Cl)c(Br)c(Cl)c2)C(F)(F)F)cc1C(F)(F)F. The van der Waals surface area contributed by atoms with Crippen molar-refractivity contribution in [2.75, 3.05) is 6.54 Å². The molecule has 3 rings (SSSR count). The lowest BCUT2D eigenvalue weighted by atomic mass is 9.90. The number of amides is 1. The van der Waals surface area contributed by atoms with Crippen molar-refractivity contribution < 1.29 is 53.5 Å². The zero-order chi connectivity index (χ0) is 31.1. The van der Waals surface area contributed by atoms with Crippen molar-refractivity contribution in [2.24, 2.45) is 5.41 Å². The molecule has 1 unspecified atom stereocenters. The Bertz CT molecular complexity index is 1360. The molecule has 41 heavy (non-hydrogen) atoms. The first-order chi connectivity index (χ1) is 18.6. The normalized spacial score (nSPS) is 16.4. The van der Waals surface area contributed by atoms with E-state index in [9.17, 15) is 49.1 Å². The minimum Gasteiger partial charge on any atom is -0.346 e. The van der Waals surface area contributed by atoms with Gasteiger partial charge < -0.3 is 5.32 Å². The van der Waals surface area contributed by atoms with Gasteiger partial charge in [0.1, 0.15) is 18.3 Å². The summed E-state index contributed by atoms with van der Waals surface area (Å²) in [5, 5.41) is 1.12. The van der Waals surface area contributed by atoms with Crippen LogP contribution in [0.5, 0.6) is 0 Å². The van der Waals surface area contributed by atoms with Gasteiger partial charge in [-0.3, -0.25) is 9.59 Å². The van der Waals surface area contributed by atoms with Crippen LogP contribution in [0.4, 0.5) is 43.9 Å². The third-order valence-electron chi connectivity index (χ3n) is 6.22. The first kappa shape index (κ1) is 33.2. The van der Waals surface area contributed by atoms with Crippen LogP contribution >= 0.6 is 39.1 Å². The molecule has 0 radical (unpaired) electrons. The Kier molecular flexibility index (Phi) is 9.51. The molecule has 1 atom stereocenters. The van der Waals surface area contributed by atoms with Crippen LogP contribution in [0.2, 0.25) is 10.0 Å². The minimum atomic E-state index is -5.28. The maximum atomic E-state index is 15.0. The van der Waals surface area contributed by atoms with Crippen LogP contribution in [-0.2, 0) is 11.0 Å². The number of hydrogen-bond donors (Lipinski definition) is 1. The van der Waals surface area contributed by atoms with E-state index in [1.807, 2.05) is 0 Å². The van der Waals surface area contributed by atoms with Crippen LogP contribution in [0.25, 0.3) is 5.83 Å². The van der Waals surface area contributed by atoms with Gasteiger partial charge in [-0.25, -0.2) is 4.39 Å². The first-order valence-corrected chi connectivity index (χ1v) is 12.9. The van der Waals surface area contributed by atoms with Gasteiger partial charge >= 0.3 is 18.5 Å². The van der Waals surface area contributed by atoms with E-state index in [1.165, 1.54) is 0 Å². The molecule has 0 aromatic heterocycles.